The van der Waals surface area contributed by atoms with Crippen molar-refractivity contribution in [2.24, 2.45) is 5.41 Å². The van der Waals surface area contributed by atoms with Crippen molar-refractivity contribution in [2.45, 2.75) is 45.1 Å². The van der Waals surface area contributed by atoms with Gasteiger partial charge in [0.05, 0.1) is 11.6 Å². The lowest BCUT2D eigenvalue weighted by molar-refractivity contribution is -0.0266. The van der Waals surface area contributed by atoms with Gasteiger partial charge in [-0.15, -0.1) is 0 Å². The van der Waals surface area contributed by atoms with Crippen LogP contribution < -0.4 is 0 Å². The Hall–Kier alpha value is -2.80. The van der Waals surface area contributed by atoms with Crippen LogP contribution in [0.4, 0.5) is 0 Å². The summed E-state index contributed by atoms with van der Waals surface area (Å²) in [5.41, 5.74) is 2.99. The van der Waals surface area contributed by atoms with E-state index in [1.54, 1.807) is 30.3 Å². The SMILES string of the molecule is CC12CCN(C(=O)c3cccc(C#N)c3)C(Cc3c(O)cccc31)C2(C)C. The van der Waals surface area contributed by atoms with Crippen LogP contribution in [0.3, 0.4) is 0 Å². The average Bonchev–Trinajstić information content (AvgIpc) is 2.65. The predicted octanol–water partition coefficient (Wildman–Crippen LogP) is 4.02. The molecule has 1 saturated heterocycles. The first-order valence-electron chi connectivity index (χ1n) is 9.42. The third-order valence-corrected chi connectivity index (χ3v) is 7.13. The fourth-order valence-corrected chi connectivity index (χ4v) is 5.06. The van der Waals surface area contributed by atoms with Gasteiger partial charge in [0.15, 0.2) is 0 Å². The summed E-state index contributed by atoms with van der Waals surface area (Å²) in [6.45, 7) is 7.40. The van der Waals surface area contributed by atoms with Crippen LogP contribution in [0, 0.1) is 16.7 Å². The Balaban J connectivity index is 1.79. The molecule has 1 heterocycles. The van der Waals surface area contributed by atoms with Gasteiger partial charge in [0.25, 0.3) is 5.91 Å². The van der Waals surface area contributed by atoms with Gasteiger partial charge >= 0.3 is 0 Å². The molecule has 2 bridgehead atoms. The largest absolute Gasteiger partial charge is 0.508 e. The van der Waals surface area contributed by atoms with Gasteiger partial charge in [-0.25, -0.2) is 0 Å². The van der Waals surface area contributed by atoms with Crippen LogP contribution in [-0.2, 0) is 11.8 Å². The molecule has 2 unspecified atom stereocenters. The van der Waals surface area contributed by atoms with Gasteiger partial charge < -0.3 is 10.0 Å². The normalized spacial score (nSPS) is 25.4. The van der Waals surface area contributed by atoms with Gasteiger partial charge in [-0.1, -0.05) is 39.0 Å². The van der Waals surface area contributed by atoms with Gasteiger partial charge in [0, 0.05) is 23.6 Å². The fraction of sp³-hybridized carbons (Fsp3) is 0.391. The van der Waals surface area contributed by atoms with Crippen LogP contribution in [0.15, 0.2) is 42.5 Å². The van der Waals surface area contributed by atoms with E-state index in [1.807, 2.05) is 11.0 Å². The highest BCUT2D eigenvalue weighted by molar-refractivity contribution is 5.95. The zero-order valence-corrected chi connectivity index (χ0v) is 16.0. The molecule has 2 aliphatic rings. The number of aromatic hydroxyl groups is 1. The summed E-state index contributed by atoms with van der Waals surface area (Å²) in [5, 5.41) is 19.6. The molecule has 4 rings (SSSR count). The van der Waals surface area contributed by atoms with Crippen LogP contribution in [-0.4, -0.2) is 28.5 Å². The summed E-state index contributed by atoms with van der Waals surface area (Å²) in [4.78, 5) is 15.3. The summed E-state index contributed by atoms with van der Waals surface area (Å²) >= 11 is 0. The molecular weight excluding hydrogens is 336 g/mol. The first-order valence-corrected chi connectivity index (χ1v) is 9.42. The molecule has 0 spiro atoms. The molecule has 1 aliphatic carbocycles. The van der Waals surface area contributed by atoms with E-state index >= 15 is 0 Å². The summed E-state index contributed by atoms with van der Waals surface area (Å²) < 4.78 is 0. The van der Waals surface area contributed by atoms with E-state index in [0.717, 1.165) is 12.0 Å². The Morgan fingerprint density at radius 3 is 2.70 bits per heavy atom. The number of likely N-dealkylation sites (tertiary alicyclic amines) is 1. The average molecular weight is 360 g/mol. The van der Waals surface area contributed by atoms with E-state index in [9.17, 15) is 9.90 Å². The molecule has 4 nitrogen and oxygen atoms in total. The number of benzene rings is 2. The Morgan fingerprint density at radius 2 is 1.96 bits per heavy atom. The number of carbonyl (C=O) groups is 1. The van der Waals surface area contributed by atoms with Crippen LogP contribution >= 0.6 is 0 Å². The summed E-state index contributed by atoms with van der Waals surface area (Å²) in [6.07, 6.45) is 1.49. The highest BCUT2D eigenvalue weighted by Gasteiger charge is 2.57. The van der Waals surface area contributed by atoms with Crippen LogP contribution in [0.25, 0.3) is 0 Å². The minimum Gasteiger partial charge on any atom is -0.508 e. The quantitative estimate of drug-likeness (QED) is 0.835. The van der Waals surface area contributed by atoms with E-state index in [2.05, 4.69) is 32.9 Å². The number of nitriles is 1. The molecular formula is C23H24N2O2. The molecule has 0 radical (unpaired) electrons. The molecule has 2 aromatic rings. The number of piperidine rings is 1. The number of phenolic OH excluding ortho intramolecular Hbond substituents is 1. The van der Waals surface area contributed by atoms with E-state index in [-0.39, 0.29) is 22.8 Å². The van der Waals surface area contributed by atoms with Crippen molar-refractivity contribution < 1.29 is 9.90 Å². The number of fused-ring (bicyclic) bond motifs is 4. The van der Waals surface area contributed by atoms with Gasteiger partial charge in [-0.3, -0.25) is 4.79 Å². The van der Waals surface area contributed by atoms with Crippen molar-refractivity contribution in [3.8, 4) is 11.8 Å². The van der Waals surface area contributed by atoms with Crippen LogP contribution in [0.2, 0.25) is 0 Å². The minimum atomic E-state index is -0.130. The molecule has 0 aromatic heterocycles. The van der Waals surface area contributed by atoms with E-state index in [0.29, 0.717) is 29.8 Å². The van der Waals surface area contributed by atoms with Crippen molar-refractivity contribution in [1.29, 1.82) is 5.26 Å². The highest BCUT2D eigenvalue weighted by Crippen LogP contribution is 2.57. The molecule has 1 aliphatic heterocycles. The van der Waals surface area contributed by atoms with Gasteiger partial charge in [0.2, 0.25) is 0 Å². The Bertz CT molecular complexity index is 973. The van der Waals surface area contributed by atoms with E-state index in [1.165, 1.54) is 5.56 Å². The lowest BCUT2D eigenvalue weighted by Gasteiger charge is -2.60. The van der Waals surface area contributed by atoms with E-state index < -0.39 is 0 Å². The monoisotopic (exact) mass is 360 g/mol. The van der Waals surface area contributed by atoms with Crippen molar-refractivity contribution >= 4 is 5.91 Å². The molecule has 27 heavy (non-hydrogen) atoms. The molecule has 2 aromatic carbocycles. The molecule has 138 valence electrons. The fourth-order valence-electron chi connectivity index (χ4n) is 5.06. The van der Waals surface area contributed by atoms with Crippen molar-refractivity contribution in [1.82, 2.24) is 4.90 Å². The number of amides is 1. The lowest BCUT2D eigenvalue weighted by atomic mass is 9.51. The number of hydrogen-bond acceptors (Lipinski definition) is 3. The minimum absolute atomic E-state index is 0.00436. The number of phenols is 1. The Morgan fingerprint density at radius 1 is 1.22 bits per heavy atom. The third-order valence-electron chi connectivity index (χ3n) is 7.13. The topological polar surface area (TPSA) is 64.3 Å². The predicted molar refractivity (Wildman–Crippen MR) is 104 cm³/mol. The Labute approximate surface area is 160 Å². The summed E-state index contributed by atoms with van der Waals surface area (Å²) in [6, 6.07) is 14.8. The Kier molecular flexibility index (Phi) is 3.82. The molecule has 2 atom stereocenters. The van der Waals surface area contributed by atoms with Crippen molar-refractivity contribution in [2.75, 3.05) is 6.54 Å². The van der Waals surface area contributed by atoms with Gasteiger partial charge in [0.1, 0.15) is 5.75 Å². The van der Waals surface area contributed by atoms with Gasteiger partial charge in [-0.05, 0) is 53.6 Å². The second-order valence-corrected chi connectivity index (χ2v) is 8.52. The third kappa shape index (κ3) is 2.38. The number of nitrogens with zero attached hydrogens (tertiary/aromatic N) is 2. The zero-order chi connectivity index (χ0) is 19.4. The first kappa shape index (κ1) is 17.6. The number of hydrogen-bond donors (Lipinski definition) is 1. The van der Waals surface area contributed by atoms with Crippen LogP contribution in [0.1, 0.15) is 54.2 Å². The molecule has 1 fully saturated rings. The van der Waals surface area contributed by atoms with E-state index in [4.69, 9.17) is 5.26 Å². The molecule has 4 heteroatoms. The smallest absolute Gasteiger partial charge is 0.254 e. The maximum atomic E-state index is 13.3. The van der Waals surface area contributed by atoms with Gasteiger partial charge in [-0.2, -0.15) is 5.26 Å². The van der Waals surface area contributed by atoms with Crippen LogP contribution in [0.5, 0.6) is 5.75 Å². The number of rotatable bonds is 1. The van der Waals surface area contributed by atoms with Crippen molar-refractivity contribution in [3.63, 3.8) is 0 Å². The summed E-state index contributed by atoms with van der Waals surface area (Å²) in [7, 11) is 0. The maximum absolute atomic E-state index is 13.3. The second-order valence-electron chi connectivity index (χ2n) is 8.52. The molecule has 1 amide bonds. The highest BCUT2D eigenvalue weighted by atomic mass is 16.3. The second kappa shape index (κ2) is 5.85. The zero-order valence-electron chi connectivity index (χ0n) is 16.0. The standard InChI is InChI=1S/C23H24N2O2/c1-22(2)20-13-17-18(8-5-9-19(17)26)23(22,3)10-11-25(20)21(27)16-7-4-6-15(12-16)14-24/h4-9,12,20,26H,10-11,13H2,1-3H3. The van der Waals surface area contributed by atoms with Crippen molar-refractivity contribution in [3.05, 3.63) is 64.7 Å². The molecule has 1 N–H and O–H groups in total. The number of carbonyl (C=O) groups excluding carboxylic acids is 1. The summed E-state index contributed by atoms with van der Waals surface area (Å²) in [5.74, 6) is 0.283. The lowest BCUT2D eigenvalue weighted by Crippen LogP contribution is -2.64. The maximum Gasteiger partial charge on any atom is 0.254 e. The first-order chi connectivity index (χ1) is 12.8. The molecule has 0 saturated carbocycles.